The molecule has 11 aliphatic rings. The first kappa shape index (κ1) is 39.8. The van der Waals surface area contributed by atoms with E-state index in [1.807, 2.05) is 0 Å². The first-order chi connectivity index (χ1) is 28.2. The summed E-state index contributed by atoms with van der Waals surface area (Å²) in [7, 11) is 0. The number of fused-ring (bicyclic) bond motifs is 6. The van der Waals surface area contributed by atoms with E-state index >= 15 is 0 Å². The van der Waals surface area contributed by atoms with Crippen molar-refractivity contribution >= 4 is 0 Å². The molecule has 0 aromatic carbocycles. The fraction of sp³-hybridized carbons (Fsp3) is 1.00. The van der Waals surface area contributed by atoms with Crippen LogP contribution in [0.1, 0.15) is 238 Å². The van der Waals surface area contributed by atoms with Crippen LogP contribution in [0.4, 0.5) is 0 Å². The van der Waals surface area contributed by atoms with Crippen molar-refractivity contribution in [2.45, 2.75) is 256 Å². The van der Waals surface area contributed by atoms with E-state index in [1.54, 1.807) is 180 Å². The molecular formula is C56H93N. The van der Waals surface area contributed by atoms with Gasteiger partial charge >= 0.3 is 0 Å². The molecule has 57 heavy (non-hydrogen) atoms. The Balaban J connectivity index is 0.766. The highest BCUT2D eigenvalue weighted by molar-refractivity contribution is 5.08. The second-order valence-electron chi connectivity index (χ2n) is 25.0. The van der Waals surface area contributed by atoms with Crippen LogP contribution in [0.25, 0.3) is 0 Å². The highest BCUT2D eigenvalue weighted by Crippen LogP contribution is 2.66. The molecule has 11 saturated carbocycles. The maximum absolute atomic E-state index is 3.32. The Labute approximate surface area is 354 Å². The van der Waals surface area contributed by atoms with E-state index in [-0.39, 0.29) is 0 Å². The van der Waals surface area contributed by atoms with Crippen LogP contribution < -0.4 is 0 Å². The lowest BCUT2D eigenvalue weighted by Crippen LogP contribution is -2.53. The standard InChI is InChI=1S/C56H93N/c1-4-13-38(14-5-1)40-25-29-48(30-26-40)57(47-19-8-3-9-20-47)49-31-27-41(28-32-49)42-23-24-45-36-54-50-21-11-10-17-44(50)35-55(56(54)53(45)34-42)51-22-12-18-43-33-46(37-52(43)51)39-15-6-2-7-16-39/h38-56H,1-37H2. The van der Waals surface area contributed by atoms with E-state index < -0.39 is 0 Å². The van der Waals surface area contributed by atoms with Crippen molar-refractivity contribution in [1.29, 1.82) is 0 Å². The first-order valence-electron chi connectivity index (χ1n) is 28.0. The molecule has 0 aliphatic heterocycles. The highest BCUT2D eigenvalue weighted by atomic mass is 15.2. The lowest BCUT2D eigenvalue weighted by molar-refractivity contribution is -0.0506. The monoisotopic (exact) mass is 780 g/mol. The topological polar surface area (TPSA) is 3.24 Å². The van der Waals surface area contributed by atoms with Crippen molar-refractivity contribution in [2.75, 3.05) is 0 Å². The van der Waals surface area contributed by atoms with Crippen molar-refractivity contribution in [3.8, 4) is 0 Å². The van der Waals surface area contributed by atoms with Gasteiger partial charge in [-0.25, -0.2) is 0 Å². The van der Waals surface area contributed by atoms with Crippen LogP contribution in [0.2, 0.25) is 0 Å². The average molecular weight is 780 g/mol. The van der Waals surface area contributed by atoms with Crippen LogP contribution in [0.3, 0.4) is 0 Å². The van der Waals surface area contributed by atoms with Gasteiger partial charge in [-0.3, -0.25) is 4.90 Å². The Bertz CT molecular complexity index is 1250. The number of rotatable bonds is 7. The summed E-state index contributed by atoms with van der Waals surface area (Å²) in [6.45, 7) is 0. The third-order valence-corrected chi connectivity index (χ3v) is 22.9. The van der Waals surface area contributed by atoms with Gasteiger partial charge in [0.1, 0.15) is 0 Å². The Morgan fingerprint density at radius 1 is 0.193 bits per heavy atom. The molecule has 0 N–H and O–H groups in total. The number of hydrogen-bond donors (Lipinski definition) is 0. The third-order valence-electron chi connectivity index (χ3n) is 22.9. The molecule has 0 aromatic heterocycles. The highest BCUT2D eigenvalue weighted by Gasteiger charge is 2.59. The van der Waals surface area contributed by atoms with E-state index in [2.05, 4.69) is 4.90 Å². The first-order valence-corrected chi connectivity index (χ1v) is 28.0. The van der Waals surface area contributed by atoms with Crippen LogP contribution in [0.5, 0.6) is 0 Å². The lowest BCUT2D eigenvalue weighted by atomic mass is 9.51. The Hall–Kier alpha value is -0.0400. The molecule has 0 bridgehead atoms. The SMILES string of the molecule is C1CCC(C2CCC(N(C3CCCCC3)C3CCC(C4CCC5CC6C7CCCCC7CC(C7CCCC8CC(C9CCCCC9)CC87)C6C5C4)CC3)CC2)CC1. The van der Waals surface area contributed by atoms with Gasteiger partial charge in [-0.15, -0.1) is 0 Å². The van der Waals surface area contributed by atoms with Crippen molar-refractivity contribution in [2.24, 2.45) is 94.7 Å². The molecule has 12 atom stereocenters. The lowest BCUT2D eigenvalue weighted by Gasteiger charge is -2.54. The molecule has 1 nitrogen and oxygen atoms in total. The minimum Gasteiger partial charge on any atom is -0.294 e. The molecule has 0 spiro atoms. The van der Waals surface area contributed by atoms with E-state index in [9.17, 15) is 0 Å². The van der Waals surface area contributed by atoms with Crippen LogP contribution in [-0.4, -0.2) is 23.0 Å². The van der Waals surface area contributed by atoms with Crippen LogP contribution >= 0.6 is 0 Å². The van der Waals surface area contributed by atoms with Gasteiger partial charge in [-0.2, -0.15) is 0 Å². The summed E-state index contributed by atoms with van der Waals surface area (Å²) in [6, 6.07) is 2.80. The van der Waals surface area contributed by atoms with Crippen molar-refractivity contribution in [3.05, 3.63) is 0 Å². The van der Waals surface area contributed by atoms with Gasteiger partial charge in [0.25, 0.3) is 0 Å². The predicted octanol–water partition coefficient (Wildman–Crippen LogP) is 15.8. The molecule has 0 heterocycles. The van der Waals surface area contributed by atoms with Crippen molar-refractivity contribution in [3.63, 3.8) is 0 Å². The summed E-state index contributed by atoms with van der Waals surface area (Å²) in [5, 5.41) is 0. The minimum absolute atomic E-state index is 0.932. The van der Waals surface area contributed by atoms with E-state index in [1.165, 1.54) is 57.8 Å². The van der Waals surface area contributed by atoms with E-state index in [4.69, 9.17) is 0 Å². The maximum atomic E-state index is 3.32. The fourth-order valence-corrected chi connectivity index (χ4v) is 20.5. The normalized spacial score (nSPS) is 49.2. The number of nitrogens with zero attached hydrogens (tertiary/aromatic N) is 1. The zero-order valence-corrected chi connectivity index (χ0v) is 37.6. The summed E-state index contributed by atoms with van der Waals surface area (Å²) >= 11 is 0. The smallest absolute Gasteiger partial charge is 0.0101 e. The molecule has 322 valence electrons. The zero-order valence-electron chi connectivity index (χ0n) is 37.6. The summed E-state index contributed by atoms with van der Waals surface area (Å²) < 4.78 is 0. The molecule has 11 fully saturated rings. The summed E-state index contributed by atoms with van der Waals surface area (Å²) in [5.74, 6) is 17.9. The Kier molecular flexibility index (Phi) is 12.5. The minimum atomic E-state index is 0.932. The predicted molar refractivity (Wildman–Crippen MR) is 240 cm³/mol. The van der Waals surface area contributed by atoms with Gasteiger partial charge < -0.3 is 0 Å². The zero-order chi connectivity index (χ0) is 37.7. The summed E-state index contributed by atoms with van der Waals surface area (Å²) in [6.07, 6.45) is 58.8. The fourth-order valence-electron chi connectivity index (χ4n) is 20.5. The van der Waals surface area contributed by atoms with Gasteiger partial charge in [-0.05, 0) is 217 Å². The largest absolute Gasteiger partial charge is 0.294 e. The van der Waals surface area contributed by atoms with Crippen molar-refractivity contribution in [1.82, 2.24) is 4.90 Å². The van der Waals surface area contributed by atoms with Gasteiger partial charge in [-0.1, -0.05) is 116 Å². The molecule has 0 radical (unpaired) electrons. The van der Waals surface area contributed by atoms with Crippen LogP contribution in [-0.2, 0) is 0 Å². The molecule has 11 rings (SSSR count). The molecule has 12 unspecified atom stereocenters. The number of hydrogen-bond acceptors (Lipinski definition) is 1. The van der Waals surface area contributed by atoms with Crippen LogP contribution in [0.15, 0.2) is 0 Å². The average Bonchev–Trinajstić information content (AvgIpc) is 3.90. The van der Waals surface area contributed by atoms with Gasteiger partial charge in [0, 0.05) is 18.1 Å². The summed E-state index contributed by atoms with van der Waals surface area (Å²) in [4.78, 5) is 3.32. The molecule has 0 saturated heterocycles. The Morgan fingerprint density at radius 3 is 1.26 bits per heavy atom. The third kappa shape index (κ3) is 8.09. The molecule has 0 aromatic rings. The molecule has 11 aliphatic carbocycles. The van der Waals surface area contributed by atoms with Gasteiger partial charge in [0.2, 0.25) is 0 Å². The maximum Gasteiger partial charge on any atom is 0.0101 e. The quantitative estimate of drug-likeness (QED) is 0.249. The van der Waals surface area contributed by atoms with Gasteiger partial charge in [0.15, 0.2) is 0 Å². The van der Waals surface area contributed by atoms with Crippen molar-refractivity contribution < 1.29 is 0 Å². The summed E-state index contributed by atoms with van der Waals surface area (Å²) in [5.41, 5.74) is 0. The Morgan fingerprint density at radius 2 is 0.579 bits per heavy atom. The van der Waals surface area contributed by atoms with Crippen LogP contribution in [0, 0.1) is 94.7 Å². The molecule has 1 heteroatoms. The van der Waals surface area contributed by atoms with E-state index in [0.717, 1.165) is 113 Å². The van der Waals surface area contributed by atoms with E-state index in [0.29, 0.717) is 0 Å². The van der Waals surface area contributed by atoms with Gasteiger partial charge in [0.05, 0.1) is 0 Å². The second-order valence-corrected chi connectivity index (χ2v) is 25.0. The second kappa shape index (κ2) is 18.0. The molecular weight excluding hydrogens is 687 g/mol. The molecule has 0 amide bonds.